The van der Waals surface area contributed by atoms with E-state index < -0.39 is 29.8 Å². The van der Waals surface area contributed by atoms with E-state index in [1.807, 2.05) is 0 Å². The van der Waals surface area contributed by atoms with E-state index in [0.717, 1.165) is 0 Å². The SMILES string of the molecule is C[C@@H](S)[C@H](O)C(=O)[C@H](O)CO. The Kier molecular flexibility index (Phi) is 4.67. The lowest BCUT2D eigenvalue weighted by molar-refractivity contribution is -0.137. The molecular weight excluding hydrogens is 168 g/mol. The van der Waals surface area contributed by atoms with Crippen molar-refractivity contribution in [2.45, 2.75) is 24.4 Å². The molecule has 0 aliphatic heterocycles. The van der Waals surface area contributed by atoms with Crippen LogP contribution in [-0.2, 0) is 4.79 Å². The van der Waals surface area contributed by atoms with E-state index in [-0.39, 0.29) is 0 Å². The van der Waals surface area contributed by atoms with Crippen LogP contribution in [0.25, 0.3) is 0 Å². The predicted molar refractivity (Wildman–Crippen MR) is 42.6 cm³/mol. The van der Waals surface area contributed by atoms with Crippen LogP contribution in [0.1, 0.15) is 6.92 Å². The highest BCUT2D eigenvalue weighted by Crippen LogP contribution is 2.03. The Bertz CT molecular complexity index is 137. The van der Waals surface area contributed by atoms with Crippen molar-refractivity contribution in [3.63, 3.8) is 0 Å². The standard InChI is InChI=1S/C6H12O4S/c1-3(11)5(9)6(10)4(8)2-7/h3-5,7-9,11H,2H2,1H3/t3-,4-,5+/m1/s1. The van der Waals surface area contributed by atoms with Crippen molar-refractivity contribution >= 4 is 18.4 Å². The molecule has 0 aliphatic rings. The summed E-state index contributed by atoms with van der Waals surface area (Å²) in [7, 11) is 0. The van der Waals surface area contributed by atoms with Crippen LogP contribution in [0.4, 0.5) is 0 Å². The van der Waals surface area contributed by atoms with Crippen molar-refractivity contribution in [2.24, 2.45) is 0 Å². The zero-order chi connectivity index (χ0) is 9.02. The van der Waals surface area contributed by atoms with Crippen LogP contribution in [0.2, 0.25) is 0 Å². The molecule has 4 nitrogen and oxygen atoms in total. The second-order valence-corrected chi connectivity index (χ2v) is 3.10. The van der Waals surface area contributed by atoms with Crippen LogP contribution >= 0.6 is 12.6 Å². The molecule has 3 atom stereocenters. The fourth-order valence-corrected chi connectivity index (χ4v) is 0.672. The van der Waals surface area contributed by atoms with E-state index in [1.165, 1.54) is 6.92 Å². The average Bonchev–Trinajstić information content (AvgIpc) is 2.00. The number of thiol groups is 1. The van der Waals surface area contributed by atoms with Gasteiger partial charge in [0.1, 0.15) is 12.2 Å². The maximum absolute atomic E-state index is 10.8. The molecule has 0 aliphatic carbocycles. The van der Waals surface area contributed by atoms with Gasteiger partial charge in [0.05, 0.1) is 6.61 Å². The summed E-state index contributed by atoms with van der Waals surface area (Å²) in [4.78, 5) is 10.8. The van der Waals surface area contributed by atoms with Gasteiger partial charge in [-0.15, -0.1) is 0 Å². The fourth-order valence-electron chi connectivity index (χ4n) is 0.525. The second-order valence-electron chi connectivity index (χ2n) is 2.29. The van der Waals surface area contributed by atoms with Gasteiger partial charge in [0, 0.05) is 5.25 Å². The summed E-state index contributed by atoms with van der Waals surface area (Å²) in [6.07, 6.45) is -2.82. The first-order valence-electron chi connectivity index (χ1n) is 3.19. The van der Waals surface area contributed by atoms with Crippen LogP contribution in [0.5, 0.6) is 0 Å². The number of ketones is 1. The van der Waals surface area contributed by atoms with Crippen LogP contribution in [-0.4, -0.2) is 45.2 Å². The number of Topliss-reactive ketones (excluding diaryl/α,β-unsaturated/α-hetero) is 1. The largest absolute Gasteiger partial charge is 0.393 e. The summed E-state index contributed by atoms with van der Waals surface area (Å²) in [6.45, 7) is 0.853. The van der Waals surface area contributed by atoms with E-state index in [1.54, 1.807) is 0 Å². The van der Waals surface area contributed by atoms with Crippen LogP contribution in [0.15, 0.2) is 0 Å². The minimum Gasteiger partial charge on any atom is -0.393 e. The van der Waals surface area contributed by atoms with Gasteiger partial charge in [0.2, 0.25) is 0 Å². The average molecular weight is 180 g/mol. The molecule has 0 fully saturated rings. The molecule has 11 heavy (non-hydrogen) atoms. The smallest absolute Gasteiger partial charge is 0.193 e. The van der Waals surface area contributed by atoms with Gasteiger partial charge in [-0.2, -0.15) is 12.6 Å². The van der Waals surface area contributed by atoms with Gasteiger partial charge in [-0.3, -0.25) is 4.79 Å². The Morgan fingerprint density at radius 3 is 2.27 bits per heavy atom. The molecule has 5 heteroatoms. The van der Waals surface area contributed by atoms with Gasteiger partial charge < -0.3 is 15.3 Å². The predicted octanol–water partition coefficient (Wildman–Crippen LogP) is -1.41. The Balaban J connectivity index is 4.02. The van der Waals surface area contributed by atoms with Gasteiger partial charge in [-0.25, -0.2) is 0 Å². The van der Waals surface area contributed by atoms with Crippen LogP contribution < -0.4 is 0 Å². The number of hydrogen-bond donors (Lipinski definition) is 4. The fraction of sp³-hybridized carbons (Fsp3) is 0.833. The first kappa shape index (κ1) is 10.9. The summed E-state index contributed by atoms with van der Waals surface area (Å²) in [6, 6.07) is 0. The highest BCUT2D eigenvalue weighted by Gasteiger charge is 2.25. The molecule has 66 valence electrons. The molecule has 0 heterocycles. The normalized spacial score (nSPS) is 19.0. The maximum Gasteiger partial charge on any atom is 0.193 e. The van der Waals surface area contributed by atoms with Crippen LogP contribution in [0, 0.1) is 0 Å². The number of hydrogen-bond acceptors (Lipinski definition) is 5. The third-order valence-electron chi connectivity index (χ3n) is 1.25. The van der Waals surface area contributed by atoms with Crippen molar-refractivity contribution in [3.05, 3.63) is 0 Å². The quantitative estimate of drug-likeness (QED) is 0.401. The Hall–Kier alpha value is -0.100. The van der Waals surface area contributed by atoms with Gasteiger partial charge >= 0.3 is 0 Å². The van der Waals surface area contributed by atoms with Crippen LogP contribution in [0.3, 0.4) is 0 Å². The minimum absolute atomic E-state index is 0.538. The van der Waals surface area contributed by atoms with Crippen molar-refractivity contribution in [2.75, 3.05) is 6.61 Å². The first-order valence-corrected chi connectivity index (χ1v) is 3.71. The lowest BCUT2D eigenvalue weighted by Crippen LogP contribution is -2.38. The molecule has 0 amide bonds. The van der Waals surface area contributed by atoms with Gasteiger partial charge in [0.15, 0.2) is 5.78 Å². The summed E-state index contributed by atoms with van der Waals surface area (Å²) in [5, 5.41) is 25.5. The van der Waals surface area contributed by atoms with Gasteiger partial charge in [-0.1, -0.05) is 6.92 Å². The van der Waals surface area contributed by atoms with E-state index in [4.69, 9.17) is 15.3 Å². The van der Waals surface area contributed by atoms with Crippen molar-refractivity contribution in [3.8, 4) is 0 Å². The monoisotopic (exact) mass is 180 g/mol. The van der Waals surface area contributed by atoms with Gasteiger partial charge in [-0.05, 0) is 0 Å². The molecule has 0 bridgehead atoms. The highest BCUT2D eigenvalue weighted by atomic mass is 32.1. The van der Waals surface area contributed by atoms with Crippen molar-refractivity contribution in [1.29, 1.82) is 0 Å². The van der Waals surface area contributed by atoms with E-state index in [0.29, 0.717) is 0 Å². The number of aliphatic hydroxyl groups excluding tert-OH is 3. The Morgan fingerprint density at radius 1 is 1.55 bits per heavy atom. The topological polar surface area (TPSA) is 77.8 Å². The third kappa shape index (κ3) is 3.20. The molecule has 0 aromatic carbocycles. The summed E-state index contributed by atoms with van der Waals surface area (Å²) >= 11 is 3.80. The Labute approximate surface area is 70.3 Å². The molecule has 0 unspecified atom stereocenters. The van der Waals surface area contributed by atoms with E-state index >= 15 is 0 Å². The lowest BCUT2D eigenvalue weighted by Gasteiger charge is -2.14. The molecule has 0 spiro atoms. The van der Waals surface area contributed by atoms with Crippen molar-refractivity contribution in [1.82, 2.24) is 0 Å². The molecule has 0 radical (unpaired) electrons. The first-order chi connectivity index (χ1) is 5.00. The number of rotatable bonds is 4. The molecule has 0 saturated heterocycles. The number of aliphatic hydroxyl groups is 3. The van der Waals surface area contributed by atoms with E-state index in [2.05, 4.69) is 12.6 Å². The molecular formula is C6H12O4S. The zero-order valence-corrected chi connectivity index (χ0v) is 7.03. The van der Waals surface area contributed by atoms with Crippen molar-refractivity contribution < 1.29 is 20.1 Å². The molecule has 0 aromatic rings. The summed E-state index contributed by atoms with van der Waals surface area (Å²) < 4.78 is 0. The zero-order valence-electron chi connectivity index (χ0n) is 6.14. The molecule has 0 aromatic heterocycles. The Morgan fingerprint density at radius 2 is 2.00 bits per heavy atom. The molecule has 0 saturated carbocycles. The second kappa shape index (κ2) is 4.71. The van der Waals surface area contributed by atoms with Gasteiger partial charge in [0.25, 0.3) is 0 Å². The molecule has 0 rings (SSSR count). The summed E-state index contributed by atoms with van der Waals surface area (Å²) in [5.74, 6) is -0.796. The summed E-state index contributed by atoms with van der Waals surface area (Å²) in [5.41, 5.74) is 0. The minimum atomic E-state index is -1.50. The maximum atomic E-state index is 10.8. The number of carbonyl (C=O) groups is 1. The third-order valence-corrected chi connectivity index (χ3v) is 1.53. The number of carbonyl (C=O) groups excluding carboxylic acids is 1. The van der Waals surface area contributed by atoms with E-state index in [9.17, 15) is 4.79 Å². The lowest BCUT2D eigenvalue weighted by atomic mass is 10.1. The molecule has 3 N–H and O–H groups in total. The highest BCUT2D eigenvalue weighted by molar-refractivity contribution is 7.81.